The molecule has 0 saturated carbocycles. The van der Waals surface area contributed by atoms with Gasteiger partial charge in [-0.25, -0.2) is 9.18 Å². The molecule has 2 N–H and O–H groups in total. The molecule has 1 aliphatic heterocycles. The first-order chi connectivity index (χ1) is 12.8. The zero-order valence-electron chi connectivity index (χ0n) is 13.9. The van der Waals surface area contributed by atoms with Gasteiger partial charge >= 0.3 is 6.03 Å². The number of piperidine rings is 1. The van der Waals surface area contributed by atoms with Crippen LogP contribution in [0.2, 0.25) is 0 Å². The largest absolute Gasteiger partial charge is 0.366 e. The Morgan fingerprint density at radius 3 is 2.07 bits per heavy atom. The Balaban J connectivity index is 1.58. The molecule has 10 heteroatoms. The second kappa shape index (κ2) is 7.77. The lowest BCUT2D eigenvalue weighted by molar-refractivity contribution is 0.246. The molecule has 3 rings (SSSR count). The maximum Gasteiger partial charge on any atom is 0.319 e. The van der Waals surface area contributed by atoms with Gasteiger partial charge in [0, 0.05) is 24.8 Å². The molecule has 2 aromatic rings. The van der Waals surface area contributed by atoms with Crippen molar-refractivity contribution in [2.75, 3.05) is 23.3 Å². The number of amides is 2. The summed E-state index contributed by atoms with van der Waals surface area (Å²) in [5, 5.41) is 5.22. The molecule has 144 valence electrons. The summed E-state index contributed by atoms with van der Waals surface area (Å²) in [4.78, 5) is 15.7. The van der Waals surface area contributed by atoms with Crippen LogP contribution in [-0.2, 0) is 0 Å². The van der Waals surface area contributed by atoms with Gasteiger partial charge in [-0.1, -0.05) is 0 Å². The average molecular weight is 386 g/mol. The van der Waals surface area contributed by atoms with Gasteiger partial charge in [0.05, 0.1) is 0 Å². The molecule has 2 amide bonds. The molecular formula is C17H15F5N4O. The van der Waals surface area contributed by atoms with E-state index in [9.17, 15) is 26.7 Å². The van der Waals surface area contributed by atoms with Crippen molar-refractivity contribution in [3.05, 3.63) is 53.6 Å². The van der Waals surface area contributed by atoms with Crippen LogP contribution < -0.4 is 15.5 Å². The van der Waals surface area contributed by atoms with E-state index in [1.54, 1.807) is 0 Å². The highest BCUT2D eigenvalue weighted by Crippen LogP contribution is 2.28. The summed E-state index contributed by atoms with van der Waals surface area (Å²) < 4.78 is 67.0. The second-order valence-corrected chi connectivity index (χ2v) is 6.04. The Kier molecular flexibility index (Phi) is 5.43. The van der Waals surface area contributed by atoms with Gasteiger partial charge in [-0.05, 0) is 37.1 Å². The van der Waals surface area contributed by atoms with Gasteiger partial charge in [-0.3, -0.25) is 0 Å². The van der Waals surface area contributed by atoms with Gasteiger partial charge in [0.25, 0.3) is 11.9 Å². The Hall–Kier alpha value is -2.91. The molecule has 2 heterocycles. The van der Waals surface area contributed by atoms with Gasteiger partial charge in [0.15, 0.2) is 0 Å². The summed E-state index contributed by atoms with van der Waals surface area (Å²) in [6, 6.07) is 4.38. The van der Waals surface area contributed by atoms with Crippen LogP contribution in [0, 0.1) is 29.3 Å². The average Bonchev–Trinajstić information content (AvgIpc) is 2.63. The summed E-state index contributed by atoms with van der Waals surface area (Å²) in [6.45, 7) is 0.163. The van der Waals surface area contributed by atoms with Crippen molar-refractivity contribution in [3.8, 4) is 0 Å². The molecule has 0 unspecified atom stereocenters. The number of hydrogen-bond donors (Lipinski definition) is 2. The van der Waals surface area contributed by atoms with E-state index in [1.165, 1.54) is 29.2 Å². The van der Waals surface area contributed by atoms with Crippen LogP contribution in [-0.4, -0.2) is 30.1 Å². The highest BCUT2D eigenvalue weighted by molar-refractivity contribution is 5.89. The molecule has 1 fully saturated rings. The molecule has 5 nitrogen and oxygen atoms in total. The Morgan fingerprint density at radius 2 is 1.52 bits per heavy atom. The van der Waals surface area contributed by atoms with E-state index in [2.05, 4.69) is 15.6 Å². The van der Waals surface area contributed by atoms with Gasteiger partial charge in [0.2, 0.25) is 11.6 Å². The highest BCUT2D eigenvalue weighted by atomic mass is 19.2. The predicted octanol–water partition coefficient (Wildman–Crippen LogP) is 3.57. The molecule has 1 aromatic carbocycles. The molecule has 0 radical (unpaired) electrons. The number of urea groups is 1. The first-order valence-electron chi connectivity index (χ1n) is 8.13. The van der Waals surface area contributed by atoms with Crippen LogP contribution in [0.1, 0.15) is 12.8 Å². The second-order valence-electron chi connectivity index (χ2n) is 6.04. The fraction of sp³-hybridized carbons (Fsp3) is 0.294. The first-order valence-corrected chi connectivity index (χ1v) is 8.13. The minimum atomic E-state index is -1.71. The van der Waals surface area contributed by atoms with E-state index in [0.29, 0.717) is 18.5 Å². The third kappa shape index (κ3) is 4.26. The number of nitrogens with zero attached hydrogens (tertiary/aromatic N) is 2. The minimum absolute atomic E-state index is 0.0816. The lowest BCUT2D eigenvalue weighted by atomic mass is 10.0. The van der Waals surface area contributed by atoms with E-state index in [-0.39, 0.29) is 19.1 Å². The maximum absolute atomic E-state index is 13.8. The number of carbonyl (C=O) groups is 1. The summed E-state index contributed by atoms with van der Waals surface area (Å²) in [5.74, 6) is -6.94. The predicted molar refractivity (Wildman–Crippen MR) is 87.9 cm³/mol. The van der Waals surface area contributed by atoms with Crippen LogP contribution in [0.5, 0.6) is 0 Å². The number of halogens is 5. The molecule has 1 saturated heterocycles. The maximum atomic E-state index is 13.8. The number of benzene rings is 1. The monoisotopic (exact) mass is 386 g/mol. The van der Waals surface area contributed by atoms with Gasteiger partial charge in [-0.15, -0.1) is 0 Å². The fourth-order valence-electron chi connectivity index (χ4n) is 2.89. The van der Waals surface area contributed by atoms with E-state index in [4.69, 9.17) is 0 Å². The summed E-state index contributed by atoms with van der Waals surface area (Å²) in [7, 11) is 0. The van der Waals surface area contributed by atoms with E-state index >= 15 is 0 Å². The first kappa shape index (κ1) is 18.9. The van der Waals surface area contributed by atoms with Crippen molar-refractivity contribution in [3.63, 3.8) is 0 Å². The lowest BCUT2D eigenvalue weighted by Crippen LogP contribution is -2.46. The zero-order chi connectivity index (χ0) is 19.6. The summed E-state index contributed by atoms with van der Waals surface area (Å²) in [6.07, 6.45) is 0.614. The normalized spacial score (nSPS) is 14.9. The Morgan fingerprint density at radius 1 is 0.963 bits per heavy atom. The molecule has 0 atom stereocenters. The quantitative estimate of drug-likeness (QED) is 0.627. The standard InChI is InChI=1S/C17H15F5N4O/c18-9-1-3-10(4-2-9)23-17(27)24-11-5-7-26(8-6-11)14-12(19)15(21)25-16(22)13(14)20/h1-4,11H,5-8H2,(H2,23,24,27). The molecular weight excluding hydrogens is 371 g/mol. The van der Waals surface area contributed by atoms with Crippen molar-refractivity contribution in [1.29, 1.82) is 0 Å². The highest BCUT2D eigenvalue weighted by Gasteiger charge is 2.29. The minimum Gasteiger partial charge on any atom is -0.366 e. The van der Waals surface area contributed by atoms with E-state index in [0.717, 1.165) is 0 Å². The third-order valence-electron chi connectivity index (χ3n) is 4.22. The molecule has 0 aliphatic carbocycles. The van der Waals surface area contributed by atoms with E-state index in [1.807, 2.05) is 0 Å². The van der Waals surface area contributed by atoms with Crippen LogP contribution in [0.4, 0.5) is 38.1 Å². The summed E-state index contributed by atoms with van der Waals surface area (Å²) in [5.41, 5.74) is -0.396. The Labute approximate surface area is 151 Å². The molecule has 27 heavy (non-hydrogen) atoms. The number of carbonyl (C=O) groups excluding carboxylic acids is 1. The zero-order valence-corrected chi connectivity index (χ0v) is 13.9. The third-order valence-corrected chi connectivity index (χ3v) is 4.22. The van der Waals surface area contributed by atoms with Crippen LogP contribution in [0.25, 0.3) is 0 Å². The van der Waals surface area contributed by atoms with Crippen molar-refractivity contribution in [2.45, 2.75) is 18.9 Å². The molecule has 0 spiro atoms. The topological polar surface area (TPSA) is 57.3 Å². The fourth-order valence-corrected chi connectivity index (χ4v) is 2.89. The van der Waals surface area contributed by atoms with Gasteiger partial charge < -0.3 is 15.5 Å². The number of anilines is 2. The lowest BCUT2D eigenvalue weighted by Gasteiger charge is -2.34. The number of rotatable bonds is 3. The number of pyridine rings is 1. The molecule has 1 aliphatic rings. The van der Waals surface area contributed by atoms with Gasteiger partial charge in [0.1, 0.15) is 11.5 Å². The van der Waals surface area contributed by atoms with Crippen molar-refractivity contribution in [2.24, 2.45) is 0 Å². The molecule has 0 bridgehead atoms. The van der Waals surface area contributed by atoms with Gasteiger partial charge in [-0.2, -0.15) is 22.5 Å². The summed E-state index contributed by atoms with van der Waals surface area (Å²) >= 11 is 0. The SMILES string of the molecule is O=C(Nc1ccc(F)cc1)NC1CCN(c2c(F)c(F)nc(F)c2F)CC1. The van der Waals surface area contributed by atoms with Crippen LogP contribution >= 0.6 is 0 Å². The van der Waals surface area contributed by atoms with Crippen molar-refractivity contribution >= 4 is 17.4 Å². The van der Waals surface area contributed by atoms with Crippen molar-refractivity contribution < 1.29 is 26.7 Å². The number of hydrogen-bond acceptors (Lipinski definition) is 3. The van der Waals surface area contributed by atoms with Crippen LogP contribution in [0.15, 0.2) is 24.3 Å². The van der Waals surface area contributed by atoms with Crippen molar-refractivity contribution in [1.82, 2.24) is 10.3 Å². The van der Waals surface area contributed by atoms with E-state index < -0.39 is 41.1 Å². The van der Waals surface area contributed by atoms with Crippen LogP contribution in [0.3, 0.4) is 0 Å². The number of nitrogens with one attached hydrogen (secondary N) is 2. The number of aromatic nitrogens is 1. The molecule has 1 aromatic heterocycles. The smallest absolute Gasteiger partial charge is 0.319 e. The Bertz CT molecular complexity index is 812.